The first-order valence-corrected chi connectivity index (χ1v) is 19.7. The number of para-hydroxylation sites is 4. The fraction of sp³-hybridized carbons (Fsp3) is 0.240. The molecule has 258 valence electrons. The van der Waals surface area contributed by atoms with Gasteiger partial charge in [-0.1, -0.05) is 104 Å². The van der Waals surface area contributed by atoms with E-state index in [1.54, 1.807) is 0 Å². The summed E-state index contributed by atoms with van der Waals surface area (Å²) in [5, 5.41) is 5.19. The molecule has 53 heavy (non-hydrogen) atoms. The van der Waals surface area contributed by atoms with Crippen molar-refractivity contribution in [1.82, 2.24) is 9.13 Å². The third-order valence-electron chi connectivity index (χ3n) is 14.0. The topological polar surface area (TPSA) is 19.1 Å². The maximum absolute atomic E-state index is 6.51. The van der Waals surface area contributed by atoms with Crippen LogP contribution in [0.3, 0.4) is 0 Å². The van der Waals surface area contributed by atoms with E-state index in [9.17, 15) is 0 Å². The Balaban J connectivity index is 0.954. The Hall–Kier alpha value is -5.38. The Bertz CT molecular complexity index is 2560. The number of hydrogen-bond donors (Lipinski definition) is 0. The average molecular weight is 687 g/mol. The van der Waals surface area contributed by atoms with Crippen LogP contribution in [0.1, 0.15) is 43.7 Å². The van der Waals surface area contributed by atoms with Gasteiger partial charge in [-0.05, 0) is 120 Å². The lowest BCUT2D eigenvalue weighted by atomic mass is 9.63. The van der Waals surface area contributed by atoms with Gasteiger partial charge in [-0.25, -0.2) is 0 Å². The summed E-state index contributed by atoms with van der Waals surface area (Å²) >= 11 is 0. The Morgan fingerprint density at radius 1 is 0.585 bits per heavy atom. The SMILES string of the molecule is CC1(CCCOCC2CC34CC3C=CC24)c2cc(-n3c4ccccc4c4ccccc43)ccc2-c2ccc(-n3c4ccccc4c4ccccc43)cc21. The number of allylic oxidation sites excluding steroid dienone is 2. The Labute approximate surface area is 310 Å². The molecule has 1 spiro atoms. The van der Waals surface area contributed by atoms with Crippen LogP contribution in [0.4, 0.5) is 0 Å². The predicted molar refractivity (Wildman–Crippen MR) is 218 cm³/mol. The normalized spacial score (nSPS) is 23.0. The summed E-state index contributed by atoms with van der Waals surface area (Å²) in [6.45, 7) is 4.21. The van der Waals surface area contributed by atoms with Crippen LogP contribution < -0.4 is 0 Å². The van der Waals surface area contributed by atoms with Crippen molar-refractivity contribution in [3.8, 4) is 22.5 Å². The molecule has 2 fully saturated rings. The number of rotatable bonds is 8. The molecule has 0 aliphatic heterocycles. The van der Waals surface area contributed by atoms with Gasteiger partial charge in [0.1, 0.15) is 0 Å². The fourth-order valence-electron chi connectivity index (χ4n) is 11.4. The van der Waals surface area contributed by atoms with Crippen molar-refractivity contribution in [3.63, 3.8) is 0 Å². The average Bonchev–Trinajstić information content (AvgIpc) is 3.43. The molecule has 8 aromatic rings. The van der Waals surface area contributed by atoms with Crippen LogP contribution in [0.15, 0.2) is 146 Å². The van der Waals surface area contributed by atoms with Gasteiger partial charge in [0, 0.05) is 51.5 Å². The lowest BCUT2D eigenvalue weighted by Crippen LogP contribution is -2.39. The molecular formula is C50H42N2O. The van der Waals surface area contributed by atoms with E-state index >= 15 is 0 Å². The Morgan fingerprint density at radius 3 is 1.55 bits per heavy atom. The second kappa shape index (κ2) is 10.8. The summed E-state index contributed by atoms with van der Waals surface area (Å²) in [6, 6.07) is 49.8. The van der Waals surface area contributed by atoms with Gasteiger partial charge in [0.2, 0.25) is 0 Å². The van der Waals surface area contributed by atoms with Crippen molar-refractivity contribution in [2.45, 2.75) is 38.0 Å². The van der Waals surface area contributed by atoms with Crippen LogP contribution in [-0.2, 0) is 10.2 Å². The summed E-state index contributed by atoms with van der Waals surface area (Å²) in [4.78, 5) is 0. The molecule has 4 atom stereocenters. The van der Waals surface area contributed by atoms with Gasteiger partial charge >= 0.3 is 0 Å². The van der Waals surface area contributed by atoms with Gasteiger partial charge in [-0.2, -0.15) is 0 Å². The highest BCUT2D eigenvalue weighted by molar-refractivity contribution is 6.10. The summed E-state index contributed by atoms with van der Waals surface area (Å²) in [5.74, 6) is 2.37. The van der Waals surface area contributed by atoms with E-state index in [-0.39, 0.29) is 5.41 Å². The molecule has 12 rings (SSSR count). The van der Waals surface area contributed by atoms with Crippen LogP contribution in [0.2, 0.25) is 0 Å². The molecule has 4 aliphatic rings. The quantitative estimate of drug-likeness (QED) is 0.115. The lowest BCUT2D eigenvalue weighted by molar-refractivity contribution is -0.00384. The number of nitrogens with zero attached hydrogens (tertiary/aromatic N) is 2. The summed E-state index contributed by atoms with van der Waals surface area (Å²) in [7, 11) is 0. The number of ether oxygens (including phenoxy) is 1. The van der Waals surface area contributed by atoms with Crippen molar-refractivity contribution < 1.29 is 4.74 Å². The largest absolute Gasteiger partial charge is 0.381 e. The number of fused-ring (bicyclic) bond motifs is 9. The zero-order valence-electron chi connectivity index (χ0n) is 30.1. The van der Waals surface area contributed by atoms with Crippen molar-refractivity contribution in [3.05, 3.63) is 157 Å². The van der Waals surface area contributed by atoms with E-state index in [1.165, 1.54) is 90.1 Å². The summed E-state index contributed by atoms with van der Waals surface area (Å²) in [5.41, 5.74) is 13.5. The summed E-state index contributed by atoms with van der Waals surface area (Å²) in [6.07, 6.45) is 9.83. The van der Waals surface area contributed by atoms with Crippen LogP contribution in [0.5, 0.6) is 0 Å². The number of benzene rings is 6. The molecule has 0 amide bonds. The molecule has 4 unspecified atom stereocenters. The number of aromatic nitrogens is 2. The van der Waals surface area contributed by atoms with Crippen molar-refractivity contribution in [1.29, 1.82) is 0 Å². The minimum absolute atomic E-state index is 0.173. The zero-order chi connectivity index (χ0) is 34.9. The van der Waals surface area contributed by atoms with Crippen LogP contribution in [-0.4, -0.2) is 22.3 Å². The third kappa shape index (κ3) is 4.09. The second-order valence-corrected chi connectivity index (χ2v) is 16.6. The van der Waals surface area contributed by atoms with Crippen LogP contribution >= 0.6 is 0 Å². The maximum Gasteiger partial charge on any atom is 0.0541 e. The molecule has 2 aromatic heterocycles. The van der Waals surface area contributed by atoms with Gasteiger partial charge < -0.3 is 13.9 Å². The van der Waals surface area contributed by atoms with E-state index in [4.69, 9.17) is 4.74 Å². The maximum atomic E-state index is 6.51. The molecule has 4 aliphatic carbocycles. The predicted octanol–water partition coefficient (Wildman–Crippen LogP) is 12.2. The number of hydrogen-bond acceptors (Lipinski definition) is 1. The smallest absolute Gasteiger partial charge is 0.0541 e. The molecule has 0 radical (unpaired) electrons. The second-order valence-electron chi connectivity index (χ2n) is 16.6. The van der Waals surface area contributed by atoms with E-state index in [0.29, 0.717) is 11.3 Å². The molecule has 3 nitrogen and oxygen atoms in total. The third-order valence-corrected chi connectivity index (χ3v) is 14.0. The molecule has 6 aromatic carbocycles. The van der Waals surface area contributed by atoms with E-state index in [1.807, 2.05) is 0 Å². The Kier molecular flexibility index (Phi) is 6.16. The highest BCUT2D eigenvalue weighted by atomic mass is 16.5. The zero-order valence-corrected chi connectivity index (χ0v) is 30.1. The molecule has 3 heteroatoms. The van der Waals surface area contributed by atoms with Crippen LogP contribution in [0, 0.1) is 23.2 Å². The molecule has 0 bridgehead atoms. The fourth-order valence-corrected chi connectivity index (χ4v) is 11.4. The minimum Gasteiger partial charge on any atom is -0.381 e. The lowest BCUT2D eigenvalue weighted by Gasteiger charge is -2.43. The van der Waals surface area contributed by atoms with Crippen LogP contribution in [0.25, 0.3) is 66.1 Å². The minimum atomic E-state index is -0.173. The van der Waals surface area contributed by atoms with Crippen molar-refractivity contribution in [2.75, 3.05) is 13.2 Å². The molecule has 2 heterocycles. The first kappa shape index (κ1) is 30.1. The van der Waals surface area contributed by atoms with E-state index in [0.717, 1.165) is 37.9 Å². The monoisotopic (exact) mass is 686 g/mol. The molecule has 2 saturated carbocycles. The molecule has 0 N–H and O–H groups in total. The van der Waals surface area contributed by atoms with Gasteiger partial charge in [0.15, 0.2) is 0 Å². The van der Waals surface area contributed by atoms with Crippen molar-refractivity contribution >= 4 is 43.6 Å². The van der Waals surface area contributed by atoms with Crippen molar-refractivity contribution in [2.24, 2.45) is 23.2 Å². The highest BCUT2D eigenvalue weighted by Gasteiger charge is 2.68. The van der Waals surface area contributed by atoms with Gasteiger partial charge in [0.25, 0.3) is 0 Å². The first-order chi connectivity index (χ1) is 26.1. The highest BCUT2D eigenvalue weighted by Crippen LogP contribution is 2.75. The first-order valence-electron chi connectivity index (χ1n) is 19.7. The van der Waals surface area contributed by atoms with Gasteiger partial charge in [0.05, 0.1) is 22.1 Å². The molecular weight excluding hydrogens is 645 g/mol. The van der Waals surface area contributed by atoms with Gasteiger partial charge in [-0.3, -0.25) is 0 Å². The molecule has 0 saturated heterocycles. The Morgan fingerprint density at radius 2 is 1.08 bits per heavy atom. The standard InChI is InChI=1S/C50H42N2O/c1-49(25-10-26-53-31-32-29-50-30-33(50)19-24-42(32)50)43-27-34(51-45-15-6-2-11-38(45)39-12-3-7-16-46(39)51)20-22-36(43)37-23-21-35(28-44(37)49)52-47-17-8-4-13-40(47)41-14-5-9-18-48(41)52/h2-9,11-24,27-28,32-33,42H,10,25-26,29-31H2,1H3. The van der Waals surface area contributed by atoms with E-state index in [2.05, 4.69) is 162 Å². The summed E-state index contributed by atoms with van der Waals surface area (Å²) < 4.78 is 11.4. The van der Waals surface area contributed by atoms with Gasteiger partial charge in [-0.15, -0.1) is 0 Å². The van der Waals surface area contributed by atoms with E-state index < -0.39 is 0 Å².